The molecule has 0 bridgehead atoms. The molecular formula is C17H16ClN3O3. The first-order valence-electron chi connectivity index (χ1n) is 7.19. The van der Waals surface area contributed by atoms with Crippen molar-refractivity contribution in [3.63, 3.8) is 0 Å². The fourth-order valence-corrected chi connectivity index (χ4v) is 2.59. The molecule has 0 aromatic heterocycles. The molecule has 2 aromatic carbocycles. The second kappa shape index (κ2) is 7.77. The molecule has 2 aromatic rings. The van der Waals surface area contributed by atoms with E-state index < -0.39 is 4.92 Å². The van der Waals surface area contributed by atoms with Crippen LogP contribution < -0.4 is 5.32 Å². The maximum Gasteiger partial charge on any atom is 0.270 e. The third kappa shape index (κ3) is 4.02. The standard InChI is InChI=1S/C17H16ClN3O3/c1-11(17(24-2)12-3-5-14(18)6-4-12)20-16-8-7-15(21(22)23)9-13(16)10-19/h3-9,11,17,20H,1-2H3. The molecule has 0 saturated heterocycles. The molecule has 0 radical (unpaired) electrons. The molecule has 0 fully saturated rings. The van der Waals surface area contributed by atoms with Gasteiger partial charge < -0.3 is 10.1 Å². The predicted molar refractivity (Wildman–Crippen MR) is 92.1 cm³/mol. The van der Waals surface area contributed by atoms with Crippen LogP contribution in [0.15, 0.2) is 42.5 Å². The molecule has 0 aliphatic rings. The minimum absolute atomic E-state index is 0.120. The van der Waals surface area contributed by atoms with E-state index in [4.69, 9.17) is 16.3 Å². The van der Waals surface area contributed by atoms with E-state index in [1.54, 1.807) is 19.2 Å². The number of nitro groups is 1. The Kier molecular flexibility index (Phi) is 5.74. The monoisotopic (exact) mass is 345 g/mol. The van der Waals surface area contributed by atoms with Gasteiger partial charge in [-0.05, 0) is 30.7 Å². The van der Waals surface area contributed by atoms with Crippen LogP contribution in [0.25, 0.3) is 0 Å². The number of methoxy groups -OCH3 is 1. The number of hydrogen-bond donors (Lipinski definition) is 1. The zero-order valence-electron chi connectivity index (χ0n) is 13.2. The molecule has 0 aliphatic carbocycles. The van der Waals surface area contributed by atoms with E-state index in [1.165, 1.54) is 18.2 Å². The Morgan fingerprint density at radius 2 is 1.96 bits per heavy atom. The highest BCUT2D eigenvalue weighted by molar-refractivity contribution is 6.30. The number of anilines is 1. The van der Waals surface area contributed by atoms with E-state index in [9.17, 15) is 15.4 Å². The van der Waals surface area contributed by atoms with Gasteiger partial charge >= 0.3 is 0 Å². The average Bonchev–Trinajstić information content (AvgIpc) is 2.57. The first kappa shape index (κ1) is 17.7. The average molecular weight is 346 g/mol. The molecule has 24 heavy (non-hydrogen) atoms. The van der Waals surface area contributed by atoms with E-state index in [0.717, 1.165) is 5.56 Å². The number of nitro benzene ring substituents is 1. The Bertz CT molecular complexity index is 772. The van der Waals surface area contributed by atoms with Gasteiger partial charge in [-0.15, -0.1) is 0 Å². The Morgan fingerprint density at radius 3 is 2.50 bits per heavy atom. The van der Waals surface area contributed by atoms with Gasteiger partial charge in [0.2, 0.25) is 0 Å². The van der Waals surface area contributed by atoms with Gasteiger partial charge in [-0.25, -0.2) is 0 Å². The molecular weight excluding hydrogens is 330 g/mol. The van der Waals surface area contributed by atoms with E-state index in [0.29, 0.717) is 10.7 Å². The van der Waals surface area contributed by atoms with Crippen LogP contribution in [-0.4, -0.2) is 18.1 Å². The second-order valence-electron chi connectivity index (χ2n) is 5.24. The van der Waals surface area contributed by atoms with Crippen LogP contribution in [0.5, 0.6) is 0 Å². The third-order valence-corrected chi connectivity index (χ3v) is 3.88. The number of non-ortho nitro benzene ring substituents is 1. The van der Waals surface area contributed by atoms with Crippen molar-refractivity contribution in [1.82, 2.24) is 0 Å². The molecule has 1 N–H and O–H groups in total. The zero-order chi connectivity index (χ0) is 17.7. The molecule has 124 valence electrons. The van der Waals surface area contributed by atoms with Gasteiger partial charge in [0.25, 0.3) is 5.69 Å². The summed E-state index contributed by atoms with van der Waals surface area (Å²) in [5, 5.41) is 23.9. The summed E-state index contributed by atoms with van der Waals surface area (Å²) in [4.78, 5) is 10.3. The predicted octanol–water partition coefficient (Wildman–Crippen LogP) is 4.31. The molecule has 7 heteroatoms. The molecule has 0 aliphatic heterocycles. The van der Waals surface area contributed by atoms with Crippen molar-refractivity contribution >= 4 is 23.0 Å². The first-order valence-corrected chi connectivity index (χ1v) is 7.57. The highest BCUT2D eigenvalue weighted by atomic mass is 35.5. The van der Waals surface area contributed by atoms with Gasteiger partial charge in [0.15, 0.2) is 0 Å². The Morgan fingerprint density at radius 1 is 1.29 bits per heavy atom. The minimum Gasteiger partial charge on any atom is -0.379 e. The number of ether oxygens (including phenoxy) is 1. The van der Waals surface area contributed by atoms with Crippen molar-refractivity contribution in [2.45, 2.75) is 19.1 Å². The third-order valence-electron chi connectivity index (χ3n) is 3.62. The molecule has 0 heterocycles. The fraction of sp³-hybridized carbons (Fsp3) is 0.235. The lowest BCUT2D eigenvalue weighted by Gasteiger charge is -2.25. The lowest BCUT2D eigenvalue weighted by molar-refractivity contribution is -0.384. The smallest absolute Gasteiger partial charge is 0.270 e. The maximum absolute atomic E-state index is 10.8. The Labute approximate surface area is 144 Å². The van der Waals surface area contributed by atoms with Gasteiger partial charge in [-0.3, -0.25) is 10.1 Å². The molecule has 6 nitrogen and oxygen atoms in total. The summed E-state index contributed by atoms with van der Waals surface area (Å²) in [5.41, 5.74) is 1.54. The largest absolute Gasteiger partial charge is 0.379 e. The summed E-state index contributed by atoms with van der Waals surface area (Å²) in [5.74, 6) is 0. The molecule has 0 amide bonds. The van der Waals surface area contributed by atoms with Crippen LogP contribution in [0.2, 0.25) is 5.02 Å². The van der Waals surface area contributed by atoms with Crippen molar-refractivity contribution in [3.8, 4) is 6.07 Å². The molecule has 2 unspecified atom stereocenters. The lowest BCUT2D eigenvalue weighted by atomic mass is 10.0. The second-order valence-corrected chi connectivity index (χ2v) is 5.68. The zero-order valence-corrected chi connectivity index (χ0v) is 13.9. The molecule has 0 spiro atoms. The minimum atomic E-state index is -0.528. The highest BCUT2D eigenvalue weighted by Crippen LogP contribution is 2.27. The van der Waals surface area contributed by atoms with Gasteiger partial charge in [-0.2, -0.15) is 5.26 Å². The summed E-state index contributed by atoms with van der Waals surface area (Å²) >= 11 is 5.90. The van der Waals surface area contributed by atoms with Gasteiger partial charge in [0.1, 0.15) is 12.2 Å². The number of nitrogens with zero attached hydrogens (tertiary/aromatic N) is 2. The quantitative estimate of drug-likeness (QED) is 0.622. The number of halogens is 1. The van der Waals surface area contributed by atoms with E-state index in [2.05, 4.69) is 5.32 Å². The SMILES string of the molecule is COC(c1ccc(Cl)cc1)C(C)Nc1ccc([N+](=O)[O-])cc1C#N. The van der Waals surface area contributed by atoms with Crippen LogP contribution >= 0.6 is 11.6 Å². The van der Waals surface area contributed by atoms with Gasteiger partial charge in [0, 0.05) is 24.3 Å². The van der Waals surface area contributed by atoms with Crippen molar-refractivity contribution in [3.05, 3.63) is 68.7 Å². The normalized spacial score (nSPS) is 12.9. The Hall–Kier alpha value is -2.62. The van der Waals surface area contributed by atoms with Crippen LogP contribution in [0.1, 0.15) is 24.2 Å². The molecule has 0 saturated carbocycles. The fourth-order valence-electron chi connectivity index (χ4n) is 2.47. The summed E-state index contributed by atoms with van der Waals surface area (Å²) in [6.45, 7) is 1.91. The topological polar surface area (TPSA) is 88.2 Å². The van der Waals surface area contributed by atoms with Crippen molar-refractivity contribution in [2.75, 3.05) is 12.4 Å². The molecule has 2 rings (SSSR count). The van der Waals surface area contributed by atoms with Crippen LogP contribution in [0, 0.1) is 21.4 Å². The van der Waals surface area contributed by atoms with Crippen molar-refractivity contribution < 1.29 is 9.66 Å². The van der Waals surface area contributed by atoms with Crippen LogP contribution in [0.3, 0.4) is 0 Å². The summed E-state index contributed by atoms with van der Waals surface area (Å²) in [7, 11) is 1.60. The summed E-state index contributed by atoms with van der Waals surface area (Å²) in [6, 6.07) is 13.2. The van der Waals surface area contributed by atoms with Gasteiger partial charge in [0.05, 0.1) is 22.2 Å². The number of benzene rings is 2. The summed E-state index contributed by atoms with van der Waals surface area (Å²) in [6.07, 6.45) is -0.274. The lowest BCUT2D eigenvalue weighted by Crippen LogP contribution is -2.26. The Balaban J connectivity index is 2.24. The van der Waals surface area contributed by atoms with E-state index >= 15 is 0 Å². The van der Waals surface area contributed by atoms with Crippen molar-refractivity contribution in [1.29, 1.82) is 5.26 Å². The highest BCUT2D eigenvalue weighted by Gasteiger charge is 2.20. The first-order chi connectivity index (χ1) is 11.5. The molecule has 2 atom stereocenters. The number of hydrogen-bond acceptors (Lipinski definition) is 5. The number of nitriles is 1. The number of nitrogens with one attached hydrogen (secondary N) is 1. The van der Waals surface area contributed by atoms with Gasteiger partial charge in [-0.1, -0.05) is 23.7 Å². The van der Waals surface area contributed by atoms with E-state index in [1.807, 2.05) is 25.1 Å². The summed E-state index contributed by atoms with van der Waals surface area (Å²) < 4.78 is 5.55. The van der Waals surface area contributed by atoms with Crippen molar-refractivity contribution in [2.24, 2.45) is 0 Å². The van der Waals surface area contributed by atoms with Crippen LogP contribution in [0.4, 0.5) is 11.4 Å². The van der Waals surface area contributed by atoms with E-state index in [-0.39, 0.29) is 23.4 Å². The van der Waals surface area contributed by atoms with Crippen LogP contribution in [-0.2, 0) is 4.74 Å². The maximum atomic E-state index is 10.8. The number of rotatable bonds is 6.